The lowest BCUT2D eigenvalue weighted by atomic mass is 10.1. The van der Waals surface area contributed by atoms with Crippen LogP contribution in [0, 0.1) is 13.8 Å². The second-order valence-corrected chi connectivity index (χ2v) is 4.47. The van der Waals surface area contributed by atoms with Crippen LogP contribution in [0.4, 0.5) is 5.69 Å². The molecule has 2 aromatic rings. The van der Waals surface area contributed by atoms with Crippen LogP contribution in [0.5, 0.6) is 0 Å². The van der Waals surface area contributed by atoms with Gasteiger partial charge in [-0.25, -0.2) is 0 Å². The van der Waals surface area contributed by atoms with Crippen LogP contribution in [-0.4, -0.2) is 4.98 Å². The molecule has 0 saturated heterocycles. The molecule has 2 heteroatoms. The summed E-state index contributed by atoms with van der Waals surface area (Å²) in [4.78, 5) is 4.14. The van der Waals surface area contributed by atoms with Crippen LogP contribution in [-0.2, 0) is 0 Å². The summed E-state index contributed by atoms with van der Waals surface area (Å²) in [6, 6.07) is 10.8. The van der Waals surface area contributed by atoms with Crippen molar-refractivity contribution in [3.8, 4) is 0 Å². The SMILES string of the molecule is Cc1ccc(NC(C)c2cccnc2)c(C)c1. The van der Waals surface area contributed by atoms with E-state index in [0.29, 0.717) is 0 Å². The van der Waals surface area contributed by atoms with Crippen molar-refractivity contribution < 1.29 is 0 Å². The Morgan fingerprint density at radius 1 is 1.18 bits per heavy atom. The maximum Gasteiger partial charge on any atom is 0.0500 e. The molecule has 2 rings (SSSR count). The number of aromatic nitrogens is 1. The third-order valence-electron chi connectivity index (χ3n) is 2.94. The summed E-state index contributed by atoms with van der Waals surface area (Å²) >= 11 is 0. The molecule has 0 radical (unpaired) electrons. The summed E-state index contributed by atoms with van der Waals surface area (Å²) in [5, 5.41) is 3.51. The van der Waals surface area contributed by atoms with Gasteiger partial charge in [0, 0.05) is 18.1 Å². The average molecular weight is 226 g/mol. The van der Waals surface area contributed by atoms with Crippen molar-refractivity contribution in [2.45, 2.75) is 26.8 Å². The van der Waals surface area contributed by atoms with Crippen molar-refractivity contribution in [3.63, 3.8) is 0 Å². The Hall–Kier alpha value is -1.83. The average Bonchev–Trinajstić information content (AvgIpc) is 2.34. The van der Waals surface area contributed by atoms with E-state index < -0.39 is 0 Å². The molecule has 88 valence electrons. The number of nitrogens with one attached hydrogen (secondary N) is 1. The molecule has 0 saturated carbocycles. The van der Waals surface area contributed by atoms with E-state index in [1.807, 2.05) is 12.3 Å². The molecule has 0 aliphatic rings. The summed E-state index contributed by atoms with van der Waals surface area (Å²) in [7, 11) is 0. The van der Waals surface area contributed by atoms with E-state index in [9.17, 15) is 0 Å². The normalized spacial score (nSPS) is 12.2. The van der Waals surface area contributed by atoms with Crippen molar-refractivity contribution in [2.24, 2.45) is 0 Å². The Morgan fingerprint density at radius 3 is 2.65 bits per heavy atom. The largest absolute Gasteiger partial charge is 0.378 e. The van der Waals surface area contributed by atoms with Gasteiger partial charge in [0.05, 0.1) is 6.04 Å². The first kappa shape index (κ1) is 11.6. The lowest BCUT2D eigenvalue weighted by Gasteiger charge is -2.17. The molecule has 0 spiro atoms. The Labute approximate surface area is 103 Å². The van der Waals surface area contributed by atoms with Gasteiger partial charge in [-0.3, -0.25) is 4.98 Å². The van der Waals surface area contributed by atoms with Crippen molar-refractivity contribution >= 4 is 5.69 Å². The van der Waals surface area contributed by atoms with Gasteiger partial charge in [-0.1, -0.05) is 23.8 Å². The lowest BCUT2D eigenvalue weighted by molar-refractivity contribution is 0.873. The van der Waals surface area contributed by atoms with Gasteiger partial charge in [-0.15, -0.1) is 0 Å². The van der Waals surface area contributed by atoms with Crippen LogP contribution in [0.3, 0.4) is 0 Å². The van der Waals surface area contributed by atoms with Crippen molar-refractivity contribution in [1.82, 2.24) is 4.98 Å². The summed E-state index contributed by atoms with van der Waals surface area (Å²) in [5.74, 6) is 0. The number of benzene rings is 1. The lowest BCUT2D eigenvalue weighted by Crippen LogP contribution is -2.07. The van der Waals surface area contributed by atoms with E-state index in [2.05, 4.69) is 55.3 Å². The van der Waals surface area contributed by atoms with E-state index in [1.54, 1.807) is 6.20 Å². The minimum atomic E-state index is 0.269. The summed E-state index contributed by atoms with van der Waals surface area (Å²) in [6.07, 6.45) is 3.70. The van der Waals surface area contributed by atoms with Gasteiger partial charge in [-0.2, -0.15) is 0 Å². The number of hydrogen-bond donors (Lipinski definition) is 1. The van der Waals surface area contributed by atoms with Crippen LogP contribution >= 0.6 is 0 Å². The Bertz CT molecular complexity index is 492. The summed E-state index contributed by atoms with van der Waals surface area (Å²) < 4.78 is 0. The first-order valence-corrected chi connectivity index (χ1v) is 5.90. The Kier molecular flexibility index (Phi) is 3.43. The molecule has 0 aliphatic heterocycles. The molecular formula is C15H18N2. The predicted octanol–water partition coefficient (Wildman–Crippen LogP) is 3.87. The van der Waals surface area contributed by atoms with Crippen LogP contribution in [0.15, 0.2) is 42.7 Å². The number of rotatable bonds is 3. The van der Waals surface area contributed by atoms with E-state index in [1.165, 1.54) is 22.4 Å². The number of anilines is 1. The molecule has 1 heterocycles. The second kappa shape index (κ2) is 5.00. The molecule has 1 atom stereocenters. The molecule has 2 nitrogen and oxygen atoms in total. The van der Waals surface area contributed by atoms with Crippen molar-refractivity contribution in [2.75, 3.05) is 5.32 Å². The molecule has 17 heavy (non-hydrogen) atoms. The highest BCUT2D eigenvalue weighted by Crippen LogP contribution is 2.22. The highest BCUT2D eigenvalue weighted by atomic mass is 14.9. The van der Waals surface area contributed by atoms with Gasteiger partial charge in [0.25, 0.3) is 0 Å². The van der Waals surface area contributed by atoms with Crippen LogP contribution in [0.25, 0.3) is 0 Å². The molecule has 0 fully saturated rings. The summed E-state index contributed by atoms with van der Waals surface area (Å²) in [6.45, 7) is 6.39. The topological polar surface area (TPSA) is 24.9 Å². The fourth-order valence-corrected chi connectivity index (χ4v) is 1.92. The monoisotopic (exact) mass is 226 g/mol. The smallest absolute Gasteiger partial charge is 0.0500 e. The van der Waals surface area contributed by atoms with Gasteiger partial charge >= 0.3 is 0 Å². The number of pyridine rings is 1. The molecule has 1 unspecified atom stereocenters. The zero-order chi connectivity index (χ0) is 12.3. The van der Waals surface area contributed by atoms with Crippen LogP contribution in [0.1, 0.15) is 29.7 Å². The maximum atomic E-state index is 4.14. The standard InChI is InChI=1S/C15H18N2/c1-11-6-7-15(12(2)9-11)17-13(3)14-5-4-8-16-10-14/h4-10,13,17H,1-3H3. The van der Waals surface area contributed by atoms with E-state index >= 15 is 0 Å². The first-order valence-electron chi connectivity index (χ1n) is 5.90. The molecule has 0 aliphatic carbocycles. The molecule has 1 aromatic heterocycles. The number of aryl methyl sites for hydroxylation is 2. The van der Waals surface area contributed by atoms with Crippen molar-refractivity contribution in [1.29, 1.82) is 0 Å². The van der Waals surface area contributed by atoms with Crippen LogP contribution in [0.2, 0.25) is 0 Å². The third-order valence-corrected chi connectivity index (χ3v) is 2.94. The number of hydrogen-bond acceptors (Lipinski definition) is 2. The first-order chi connectivity index (χ1) is 8.16. The Morgan fingerprint density at radius 2 is 2.00 bits per heavy atom. The quantitative estimate of drug-likeness (QED) is 0.859. The minimum absolute atomic E-state index is 0.269. The summed E-state index contributed by atoms with van der Waals surface area (Å²) in [5.41, 5.74) is 4.96. The molecular weight excluding hydrogens is 208 g/mol. The maximum absolute atomic E-state index is 4.14. The zero-order valence-electron chi connectivity index (χ0n) is 10.6. The molecule has 1 N–H and O–H groups in total. The highest BCUT2D eigenvalue weighted by Gasteiger charge is 2.06. The number of nitrogens with zero attached hydrogens (tertiary/aromatic N) is 1. The third kappa shape index (κ3) is 2.84. The van der Waals surface area contributed by atoms with Gasteiger partial charge in [0.2, 0.25) is 0 Å². The van der Waals surface area contributed by atoms with Crippen LogP contribution < -0.4 is 5.32 Å². The fraction of sp³-hybridized carbons (Fsp3) is 0.267. The van der Waals surface area contributed by atoms with Crippen molar-refractivity contribution in [3.05, 3.63) is 59.4 Å². The van der Waals surface area contributed by atoms with E-state index in [-0.39, 0.29) is 6.04 Å². The Balaban J connectivity index is 2.16. The van der Waals surface area contributed by atoms with E-state index in [0.717, 1.165) is 0 Å². The van der Waals surface area contributed by atoms with Gasteiger partial charge in [0.15, 0.2) is 0 Å². The molecule has 0 amide bonds. The second-order valence-electron chi connectivity index (χ2n) is 4.47. The fourth-order valence-electron chi connectivity index (χ4n) is 1.92. The highest BCUT2D eigenvalue weighted by molar-refractivity contribution is 5.53. The van der Waals surface area contributed by atoms with Gasteiger partial charge in [0.1, 0.15) is 0 Å². The molecule has 1 aromatic carbocycles. The minimum Gasteiger partial charge on any atom is -0.378 e. The van der Waals surface area contributed by atoms with E-state index in [4.69, 9.17) is 0 Å². The van der Waals surface area contributed by atoms with Gasteiger partial charge in [-0.05, 0) is 44.0 Å². The zero-order valence-corrected chi connectivity index (χ0v) is 10.6. The predicted molar refractivity (Wildman–Crippen MR) is 72.2 cm³/mol. The molecule has 0 bridgehead atoms. The van der Waals surface area contributed by atoms with Gasteiger partial charge < -0.3 is 5.32 Å².